The number of aryl methyl sites for hydroxylation is 1. The topological polar surface area (TPSA) is 59.4 Å². The van der Waals surface area contributed by atoms with Gasteiger partial charge in [-0.1, -0.05) is 35.3 Å². The predicted octanol–water partition coefficient (Wildman–Crippen LogP) is 5.72. The summed E-state index contributed by atoms with van der Waals surface area (Å²) in [6, 6.07) is 13.4. The van der Waals surface area contributed by atoms with Gasteiger partial charge in [-0.3, -0.25) is 9.78 Å². The second-order valence-corrected chi connectivity index (χ2v) is 9.41. The van der Waals surface area contributed by atoms with Crippen LogP contribution in [0.3, 0.4) is 0 Å². The van der Waals surface area contributed by atoms with Gasteiger partial charge in [0.1, 0.15) is 0 Å². The number of esters is 1. The van der Waals surface area contributed by atoms with Crippen LogP contribution in [0.4, 0.5) is 0 Å². The number of nitrogens with one attached hydrogen (secondary N) is 1. The number of hydrogen-bond donors (Lipinski definition) is 1. The molecule has 178 valence electrons. The Balaban J connectivity index is 1.78. The molecule has 3 heterocycles. The summed E-state index contributed by atoms with van der Waals surface area (Å²) < 4.78 is 6.93. The number of nitrogens with zero attached hydrogens (tertiary/aromatic N) is 3. The van der Waals surface area contributed by atoms with Crippen molar-refractivity contribution in [2.45, 2.75) is 38.8 Å². The van der Waals surface area contributed by atoms with Gasteiger partial charge in [-0.2, -0.15) is 0 Å². The SMILES string of the molecule is COC(=O)CCCN1C(=S)N[C@@H](c2ccccn2)[C@H]1c1cc(C)n(-c2cccc(Cl)c2Cl)c1C. The van der Waals surface area contributed by atoms with Gasteiger partial charge in [0.2, 0.25) is 0 Å². The van der Waals surface area contributed by atoms with Crippen molar-refractivity contribution in [1.29, 1.82) is 0 Å². The smallest absolute Gasteiger partial charge is 0.305 e. The molecule has 0 bridgehead atoms. The van der Waals surface area contributed by atoms with Crippen molar-refractivity contribution in [3.05, 3.63) is 81.4 Å². The van der Waals surface area contributed by atoms with Crippen molar-refractivity contribution in [2.24, 2.45) is 0 Å². The molecule has 6 nitrogen and oxygen atoms in total. The summed E-state index contributed by atoms with van der Waals surface area (Å²) in [6.07, 6.45) is 2.73. The van der Waals surface area contributed by atoms with Crippen LogP contribution in [-0.2, 0) is 9.53 Å². The fourth-order valence-electron chi connectivity index (χ4n) is 4.60. The largest absolute Gasteiger partial charge is 0.469 e. The van der Waals surface area contributed by atoms with Crippen LogP contribution in [-0.4, -0.2) is 39.2 Å². The van der Waals surface area contributed by atoms with Crippen LogP contribution >= 0.6 is 35.4 Å². The number of carbonyl (C=O) groups excluding carboxylic acids is 1. The molecule has 1 saturated heterocycles. The van der Waals surface area contributed by atoms with E-state index in [0.29, 0.717) is 34.5 Å². The Bertz CT molecular complexity index is 1220. The average molecular weight is 517 g/mol. The zero-order chi connectivity index (χ0) is 24.4. The number of benzene rings is 1. The van der Waals surface area contributed by atoms with Crippen LogP contribution < -0.4 is 5.32 Å². The minimum Gasteiger partial charge on any atom is -0.469 e. The van der Waals surface area contributed by atoms with Crippen LogP contribution in [0.1, 0.15) is 47.6 Å². The summed E-state index contributed by atoms with van der Waals surface area (Å²) in [5.41, 5.74) is 4.90. The molecule has 0 unspecified atom stereocenters. The van der Waals surface area contributed by atoms with E-state index >= 15 is 0 Å². The highest BCUT2D eigenvalue weighted by atomic mass is 35.5. The van der Waals surface area contributed by atoms with Gasteiger partial charge in [-0.05, 0) is 68.4 Å². The van der Waals surface area contributed by atoms with Crippen molar-refractivity contribution in [3.63, 3.8) is 0 Å². The Kier molecular flexibility index (Phi) is 7.45. The fourth-order valence-corrected chi connectivity index (χ4v) is 5.32. The van der Waals surface area contributed by atoms with Gasteiger partial charge in [0.15, 0.2) is 5.11 Å². The Hall–Kier alpha value is -2.61. The maximum Gasteiger partial charge on any atom is 0.305 e. The third-order valence-corrected chi connectivity index (χ3v) is 7.33. The molecule has 1 aliphatic rings. The highest BCUT2D eigenvalue weighted by molar-refractivity contribution is 7.80. The van der Waals surface area contributed by atoms with Gasteiger partial charge in [0.05, 0.1) is 40.6 Å². The molecule has 0 radical (unpaired) electrons. The van der Waals surface area contributed by atoms with E-state index in [0.717, 1.165) is 28.3 Å². The van der Waals surface area contributed by atoms with Crippen LogP contribution in [0.5, 0.6) is 0 Å². The average Bonchev–Trinajstić information content (AvgIpc) is 3.31. The standard InChI is InChI=1S/C25H26Cl2N4O2S/c1-15-14-17(16(2)31(15)20-10-6-8-18(26)22(20)27)24-23(19-9-4-5-12-28-19)29-25(34)30(24)13-7-11-21(32)33-3/h4-6,8-10,12,14,23-24H,7,11,13H2,1-3H3,(H,29,34)/t23-,24+/m0/s1. The quantitative estimate of drug-likeness (QED) is 0.320. The van der Waals surface area contributed by atoms with Gasteiger partial charge in [-0.25, -0.2) is 0 Å². The van der Waals surface area contributed by atoms with Gasteiger partial charge in [-0.15, -0.1) is 0 Å². The van der Waals surface area contributed by atoms with E-state index in [1.807, 2.05) is 37.3 Å². The molecule has 1 aliphatic heterocycles. The second kappa shape index (κ2) is 10.3. The number of methoxy groups -OCH3 is 1. The Labute approximate surface area is 214 Å². The number of ether oxygens (including phenoxy) is 1. The molecule has 2 atom stereocenters. The predicted molar refractivity (Wildman–Crippen MR) is 139 cm³/mol. The summed E-state index contributed by atoms with van der Waals surface area (Å²) in [4.78, 5) is 18.4. The van der Waals surface area contributed by atoms with Crippen molar-refractivity contribution >= 4 is 46.5 Å². The number of pyridine rings is 1. The molecule has 4 rings (SSSR count). The third-order valence-electron chi connectivity index (χ3n) is 6.17. The van der Waals surface area contributed by atoms with E-state index < -0.39 is 0 Å². The lowest BCUT2D eigenvalue weighted by atomic mass is 9.96. The number of aromatic nitrogens is 2. The molecule has 3 aromatic rings. The molecule has 0 aliphatic carbocycles. The first-order chi connectivity index (χ1) is 16.3. The molecule has 1 aromatic carbocycles. The summed E-state index contributed by atoms with van der Waals surface area (Å²) >= 11 is 18.6. The molecular formula is C25H26Cl2N4O2S. The minimum atomic E-state index is -0.232. The number of rotatable bonds is 7. The van der Waals surface area contributed by atoms with Crippen LogP contribution in [0.15, 0.2) is 48.7 Å². The first-order valence-electron chi connectivity index (χ1n) is 11.0. The van der Waals surface area contributed by atoms with Gasteiger partial charge in [0, 0.05) is 30.6 Å². The van der Waals surface area contributed by atoms with Crippen molar-refractivity contribution in [3.8, 4) is 5.69 Å². The molecule has 0 amide bonds. The molecule has 9 heteroatoms. The van der Waals surface area contributed by atoms with Crippen LogP contribution in [0.2, 0.25) is 10.0 Å². The molecular weight excluding hydrogens is 491 g/mol. The first kappa shape index (κ1) is 24.5. The minimum absolute atomic E-state index is 0.113. The molecule has 2 aromatic heterocycles. The van der Waals surface area contributed by atoms with E-state index in [1.54, 1.807) is 12.3 Å². The van der Waals surface area contributed by atoms with E-state index in [2.05, 4.69) is 32.8 Å². The lowest BCUT2D eigenvalue weighted by Crippen LogP contribution is -2.31. The van der Waals surface area contributed by atoms with Gasteiger partial charge >= 0.3 is 5.97 Å². The van der Waals surface area contributed by atoms with Crippen molar-refractivity contribution < 1.29 is 9.53 Å². The third kappa shape index (κ3) is 4.65. The van der Waals surface area contributed by atoms with E-state index in [4.69, 9.17) is 40.2 Å². The molecule has 0 spiro atoms. The highest BCUT2D eigenvalue weighted by Gasteiger charge is 2.41. The van der Waals surface area contributed by atoms with E-state index in [-0.39, 0.29) is 18.1 Å². The summed E-state index contributed by atoms with van der Waals surface area (Å²) in [5, 5.41) is 5.11. The summed E-state index contributed by atoms with van der Waals surface area (Å²) in [5.74, 6) is -0.232. The Morgan fingerprint density at radius 3 is 2.71 bits per heavy atom. The van der Waals surface area contributed by atoms with Gasteiger partial charge in [0.25, 0.3) is 0 Å². The van der Waals surface area contributed by atoms with E-state index in [1.165, 1.54) is 7.11 Å². The second-order valence-electron chi connectivity index (χ2n) is 8.23. The monoisotopic (exact) mass is 516 g/mol. The lowest BCUT2D eigenvalue weighted by Gasteiger charge is -2.28. The Morgan fingerprint density at radius 2 is 2.00 bits per heavy atom. The maximum atomic E-state index is 11.7. The number of carbonyl (C=O) groups is 1. The fraction of sp³-hybridized carbons (Fsp3) is 0.320. The zero-order valence-corrected chi connectivity index (χ0v) is 21.5. The molecule has 1 N–H and O–H groups in total. The number of hydrogen-bond acceptors (Lipinski definition) is 4. The summed E-state index contributed by atoms with van der Waals surface area (Å²) in [7, 11) is 1.40. The van der Waals surface area contributed by atoms with Crippen LogP contribution in [0.25, 0.3) is 5.69 Å². The maximum absolute atomic E-state index is 11.7. The molecule has 34 heavy (non-hydrogen) atoms. The number of halogens is 2. The summed E-state index contributed by atoms with van der Waals surface area (Å²) in [6.45, 7) is 4.73. The van der Waals surface area contributed by atoms with Crippen molar-refractivity contribution in [2.75, 3.05) is 13.7 Å². The molecule has 1 fully saturated rings. The first-order valence-corrected chi connectivity index (χ1v) is 12.2. The van der Waals surface area contributed by atoms with Crippen molar-refractivity contribution in [1.82, 2.24) is 19.8 Å². The van der Waals surface area contributed by atoms with Crippen LogP contribution in [0, 0.1) is 13.8 Å². The molecule has 0 saturated carbocycles. The highest BCUT2D eigenvalue weighted by Crippen LogP contribution is 2.42. The lowest BCUT2D eigenvalue weighted by molar-refractivity contribution is -0.140. The van der Waals surface area contributed by atoms with Gasteiger partial charge < -0.3 is 19.5 Å². The van der Waals surface area contributed by atoms with E-state index in [9.17, 15) is 4.79 Å². The zero-order valence-electron chi connectivity index (χ0n) is 19.2. The normalized spacial score (nSPS) is 17.7. The Morgan fingerprint density at radius 1 is 1.21 bits per heavy atom. The number of thiocarbonyl (C=S) groups is 1.